The molecule has 1 aromatic carbocycles. The number of aryl methyl sites for hydroxylation is 2. The van der Waals surface area contributed by atoms with Gasteiger partial charge in [-0.15, -0.1) is 11.3 Å². The van der Waals surface area contributed by atoms with Crippen LogP contribution in [0.15, 0.2) is 30.3 Å². The molecule has 0 saturated heterocycles. The van der Waals surface area contributed by atoms with Gasteiger partial charge in [-0.3, -0.25) is 14.9 Å². The van der Waals surface area contributed by atoms with Crippen molar-refractivity contribution in [2.45, 2.75) is 20.3 Å². The highest BCUT2D eigenvalue weighted by Gasteiger charge is 2.17. The molecule has 8 heteroatoms. The van der Waals surface area contributed by atoms with E-state index in [-0.39, 0.29) is 11.4 Å². The van der Waals surface area contributed by atoms with Gasteiger partial charge in [-0.1, -0.05) is 19.1 Å². The minimum atomic E-state index is -0.637. The summed E-state index contributed by atoms with van der Waals surface area (Å²) in [5, 5.41) is 13.3. The Morgan fingerprint density at radius 1 is 1.33 bits per heavy atom. The van der Waals surface area contributed by atoms with Crippen molar-refractivity contribution < 1.29 is 19.2 Å². The van der Waals surface area contributed by atoms with Crippen LogP contribution >= 0.6 is 11.3 Å². The van der Waals surface area contributed by atoms with Gasteiger partial charge in [0.2, 0.25) is 0 Å². The molecule has 0 saturated carbocycles. The molecule has 1 heterocycles. The number of amides is 1. The molecule has 0 fully saturated rings. The lowest BCUT2D eigenvalue weighted by Crippen LogP contribution is -2.21. The lowest BCUT2D eigenvalue weighted by molar-refractivity contribution is -0.383. The van der Waals surface area contributed by atoms with E-state index in [0.29, 0.717) is 4.88 Å². The van der Waals surface area contributed by atoms with Crippen LogP contribution in [0, 0.1) is 17.0 Å². The third-order valence-corrected chi connectivity index (χ3v) is 4.61. The van der Waals surface area contributed by atoms with E-state index in [4.69, 9.17) is 4.74 Å². The second-order valence-electron chi connectivity index (χ2n) is 4.97. The predicted octanol–water partition coefficient (Wildman–Crippen LogP) is 3.32. The molecule has 2 aromatic rings. The number of nitrogens with zero attached hydrogens (tertiary/aromatic N) is 1. The first kappa shape index (κ1) is 17.6. The first-order valence-electron chi connectivity index (χ1n) is 7.22. The van der Waals surface area contributed by atoms with Crippen LogP contribution in [-0.4, -0.2) is 23.4 Å². The zero-order valence-electron chi connectivity index (χ0n) is 13.2. The van der Waals surface area contributed by atoms with Crippen LogP contribution < -0.4 is 5.32 Å². The summed E-state index contributed by atoms with van der Waals surface area (Å²) in [5.74, 6) is -1.22. The molecule has 1 aromatic heterocycles. The molecule has 7 nitrogen and oxygen atoms in total. The fourth-order valence-corrected chi connectivity index (χ4v) is 3.11. The zero-order valence-corrected chi connectivity index (χ0v) is 14.0. The van der Waals surface area contributed by atoms with Crippen LogP contribution in [0.3, 0.4) is 0 Å². The Bertz CT molecular complexity index is 785. The molecule has 1 amide bonds. The van der Waals surface area contributed by atoms with Gasteiger partial charge in [-0.05, 0) is 31.0 Å². The number of ether oxygens (including phenoxy) is 1. The van der Waals surface area contributed by atoms with Gasteiger partial charge in [0, 0.05) is 10.9 Å². The van der Waals surface area contributed by atoms with Crippen molar-refractivity contribution >= 4 is 34.6 Å². The normalized spacial score (nSPS) is 10.2. The number of rotatable bonds is 6. The smallest absolute Gasteiger partial charge is 0.348 e. The number of carbonyl (C=O) groups excluding carboxylic acids is 2. The molecule has 2 rings (SSSR count). The van der Waals surface area contributed by atoms with E-state index in [9.17, 15) is 19.7 Å². The molecular formula is C16H16N2O5S. The maximum atomic E-state index is 12.0. The zero-order chi connectivity index (χ0) is 17.7. The molecule has 0 atom stereocenters. The molecule has 0 unspecified atom stereocenters. The van der Waals surface area contributed by atoms with Crippen molar-refractivity contribution in [3.63, 3.8) is 0 Å². The van der Waals surface area contributed by atoms with Crippen LogP contribution in [0.1, 0.15) is 27.0 Å². The van der Waals surface area contributed by atoms with Crippen LogP contribution in [0.4, 0.5) is 11.4 Å². The molecule has 126 valence electrons. The minimum absolute atomic E-state index is 0.0591. The Kier molecular flexibility index (Phi) is 5.64. The average Bonchev–Trinajstić information content (AvgIpc) is 2.94. The quantitative estimate of drug-likeness (QED) is 0.490. The van der Waals surface area contributed by atoms with Gasteiger partial charge in [0.05, 0.1) is 4.92 Å². The maximum absolute atomic E-state index is 12.0. The topological polar surface area (TPSA) is 98.5 Å². The summed E-state index contributed by atoms with van der Waals surface area (Å²) in [6.07, 6.45) is 0.821. The van der Waals surface area contributed by atoms with Crippen molar-refractivity contribution in [2.24, 2.45) is 0 Å². The number of hydrogen-bond acceptors (Lipinski definition) is 6. The summed E-state index contributed by atoms with van der Waals surface area (Å²) >= 11 is 1.33. The van der Waals surface area contributed by atoms with Gasteiger partial charge in [0.1, 0.15) is 10.6 Å². The number of hydrogen-bond donors (Lipinski definition) is 1. The Balaban J connectivity index is 1.96. The third-order valence-electron chi connectivity index (χ3n) is 3.25. The monoisotopic (exact) mass is 348 g/mol. The van der Waals surface area contributed by atoms with Crippen LogP contribution in [0.2, 0.25) is 0 Å². The van der Waals surface area contributed by atoms with Gasteiger partial charge in [0.25, 0.3) is 11.6 Å². The standard InChI is InChI=1S/C16H16N2O5S/c1-3-13-10(2)8-14(24-13)16(20)23-9-15(19)17-11-6-4-5-7-12(11)18(21)22/h4-8H,3,9H2,1-2H3,(H,17,19). The SMILES string of the molecule is CCc1sc(C(=O)OCC(=O)Nc2ccccc2[N+](=O)[O-])cc1C. The van der Waals surface area contributed by atoms with Gasteiger partial charge < -0.3 is 10.1 Å². The van der Waals surface area contributed by atoms with E-state index >= 15 is 0 Å². The number of nitro benzene ring substituents is 1. The van der Waals surface area contributed by atoms with Gasteiger partial charge in [0.15, 0.2) is 6.61 Å². The highest BCUT2D eigenvalue weighted by atomic mass is 32.1. The number of benzene rings is 1. The van der Waals surface area contributed by atoms with E-state index in [1.165, 1.54) is 29.5 Å². The van der Waals surface area contributed by atoms with E-state index in [1.54, 1.807) is 12.1 Å². The second-order valence-corrected chi connectivity index (χ2v) is 6.11. The number of carbonyl (C=O) groups is 2. The summed E-state index contributed by atoms with van der Waals surface area (Å²) in [6, 6.07) is 7.48. The minimum Gasteiger partial charge on any atom is -0.451 e. The van der Waals surface area contributed by atoms with E-state index < -0.39 is 23.4 Å². The summed E-state index contributed by atoms with van der Waals surface area (Å²) < 4.78 is 4.96. The molecule has 0 aliphatic carbocycles. The highest BCUT2D eigenvalue weighted by Crippen LogP contribution is 2.24. The van der Waals surface area contributed by atoms with E-state index in [2.05, 4.69) is 5.32 Å². The largest absolute Gasteiger partial charge is 0.451 e. The molecule has 24 heavy (non-hydrogen) atoms. The van der Waals surface area contributed by atoms with Crippen molar-refractivity contribution in [1.29, 1.82) is 0 Å². The summed E-state index contributed by atoms with van der Waals surface area (Å²) in [7, 11) is 0. The Morgan fingerprint density at radius 3 is 2.67 bits per heavy atom. The van der Waals surface area contributed by atoms with Crippen molar-refractivity contribution in [2.75, 3.05) is 11.9 Å². The van der Waals surface area contributed by atoms with Crippen molar-refractivity contribution in [1.82, 2.24) is 0 Å². The first-order chi connectivity index (χ1) is 11.4. The van der Waals surface area contributed by atoms with Gasteiger partial charge in [-0.25, -0.2) is 4.79 Å². The fourth-order valence-electron chi connectivity index (χ4n) is 2.10. The molecule has 0 spiro atoms. The molecular weight excluding hydrogens is 332 g/mol. The number of para-hydroxylation sites is 2. The number of thiophene rings is 1. The number of nitro groups is 1. The Labute approximate surface area is 142 Å². The van der Waals surface area contributed by atoms with Gasteiger partial charge >= 0.3 is 5.97 Å². The molecule has 0 bridgehead atoms. The van der Waals surface area contributed by atoms with E-state index in [0.717, 1.165) is 16.9 Å². The van der Waals surface area contributed by atoms with Crippen molar-refractivity contribution in [3.05, 3.63) is 55.8 Å². The number of anilines is 1. The maximum Gasteiger partial charge on any atom is 0.348 e. The van der Waals surface area contributed by atoms with Crippen LogP contribution in [0.25, 0.3) is 0 Å². The first-order valence-corrected chi connectivity index (χ1v) is 8.03. The third kappa shape index (κ3) is 4.17. The fraction of sp³-hybridized carbons (Fsp3) is 0.250. The lowest BCUT2D eigenvalue weighted by atomic mass is 10.2. The Morgan fingerprint density at radius 2 is 2.04 bits per heavy atom. The molecule has 0 radical (unpaired) electrons. The second kappa shape index (κ2) is 7.69. The number of nitrogens with one attached hydrogen (secondary N) is 1. The summed E-state index contributed by atoms with van der Waals surface area (Å²) in [6.45, 7) is 3.39. The van der Waals surface area contributed by atoms with Gasteiger partial charge in [-0.2, -0.15) is 0 Å². The average molecular weight is 348 g/mol. The molecule has 1 N–H and O–H groups in total. The predicted molar refractivity (Wildman–Crippen MR) is 90.4 cm³/mol. The summed E-state index contributed by atoms with van der Waals surface area (Å²) in [5.41, 5.74) is 0.848. The number of esters is 1. The highest BCUT2D eigenvalue weighted by molar-refractivity contribution is 7.14. The molecule has 0 aliphatic heterocycles. The van der Waals surface area contributed by atoms with Crippen molar-refractivity contribution in [3.8, 4) is 0 Å². The summed E-state index contributed by atoms with van der Waals surface area (Å²) in [4.78, 5) is 35.6. The van der Waals surface area contributed by atoms with E-state index in [1.807, 2.05) is 13.8 Å². The molecule has 0 aliphatic rings. The van der Waals surface area contributed by atoms with Crippen LogP contribution in [0.5, 0.6) is 0 Å². The lowest BCUT2D eigenvalue weighted by Gasteiger charge is -2.06. The van der Waals surface area contributed by atoms with Crippen LogP contribution in [-0.2, 0) is 16.0 Å². The Hall–Kier alpha value is -2.74.